The first-order valence-electron chi connectivity index (χ1n) is 8.66. The van der Waals surface area contributed by atoms with E-state index in [4.69, 9.17) is 5.73 Å². The number of hydrogen-bond acceptors (Lipinski definition) is 5. The van der Waals surface area contributed by atoms with Gasteiger partial charge in [-0.05, 0) is 36.6 Å². The molecule has 0 amide bonds. The van der Waals surface area contributed by atoms with Crippen LogP contribution >= 0.6 is 0 Å². The molecule has 11 heteroatoms. The van der Waals surface area contributed by atoms with E-state index >= 15 is 0 Å². The maximum atomic E-state index is 13.2. The number of halogens is 3. The van der Waals surface area contributed by atoms with Crippen LogP contribution in [0.4, 0.5) is 19.0 Å². The van der Waals surface area contributed by atoms with Crippen molar-refractivity contribution in [2.45, 2.75) is 37.1 Å². The lowest BCUT2D eigenvalue weighted by molar-refractivity contribution is -0.0384. The molecule has 0 saturated heterocycles. The van der Waals surface area contributed by atoms with Gasteiger partial charge >= 0.3 is 5.51 Å². The molecule has 3 rings (SSSR count). The number of hydrogen-bond donors (Lipinski definition) is 2. The van der Waals surface area contributed by atoms with Gasteiger partial charge in [-0.2, -0.15) is 23.4 Å². The summed E-state index contributed by atoms with van der Waals surface area (Å²) in [4.78, 5) is 3.42. The molecule has 29 heavy (non-hydrogen) atoms. The number of anilines is 1. The summed E-state index contributed by atoms with van der Waals surface area (Å²) in [6, 6.07) is 7.04. The summed E-state index contributed by atoms with van der Waals surface area (Å²) in [6.07, 6.45) is 3.27. The van der Waals surface area contributed by atoms with Gasteiger partial charge in [-0.15, -0.1) is 0 Å². The Morgan fingerprint density at radius 1 is 1.24 bits per heavy atom. The predicted octanol–water partition coefficient (Wildman–Crippen LogP) is 4.02. The quantitative estimate of drug-likeness (QED) is 0.644. The molecule has 2 aromatic heterocycles. The van der Waals surface area contributed by atoms with Crippen LogP contribution in [-0.2, 0) is 10.8 Å². The van der Waals surface area contributed by atoms with Crippen molar-refractivity contribution in [3.05, 3.63) is 41.7 Å². The van der Waals surface area contributed by atoms with Crippen LogP contribution in [0.15, 0.2) is 35.2 Å². The van der Waals surface area contributed by atoms with E-state index in [0.717, 1.165) is 10.2 Å². The SMILES string of the molecule is CC=Cc1nc(-c2nn(-c3ccc(C(C)C)cc3)c(N)c2S(=O)C(F)(F)F)n[nH]1. The number of nitrogen functional groups attached to an aromatic ring is 1. The second kappa shape index (κ2) is 7.82. The summed E-state index contributed by atoms with van der Waals surface area (Å²) in [7, 11) is -3.40. The van der Waals surface area contributed by atoms with Crippen LogP contribution in [-0.4, -0.2) is 34.7 Å². The zero-order chi connectivity index (χ0) is 21.3. The van der Waals surface area contributed by atoms with Gasteiger partial charge in [0.2, 0.25) is 5.82 Å². The lowest BCUT2D eigenvalue weighted by atomic mass is 10.0. The standard InChI is InChI=1S/C18H19F3N6OS/c1-4-5-13-23-17(25-24-13)14-15(29(28)18(19,20)21)16(22)27(26-14)12-8-6-11(7-9-12)10(2)3/h4-10H,22H2,1-3H3,(H,23,24,25). The number of nitrogens with one attached hydrogen (secondary N) is 1. The molecule has 0 aliphatic rings. The molecule has 0 fully saturated rings. The number of alkyl halides is 3. The molecule has 0 aliphatic heterocycles. The third kappa shape index (κ3) is 4.09. The van der Waals surface area contributed by atoms with Gasteiger partial charge in [0.1, 0.15) is 16.5 Å². The van der Waals surface area contributed by atoms with Crippen molar-refractivity contribution in [3.63, 3.8) is 0 Å². The minimum Gasteiger partial charge on any atom is -0.383 e. The molecular weight excluding hydrogens is 405 g/mol. The van der Waals surface area contributed by atoms with Crippen LogP contribution in [0.3, 0.4) is 0 Å². The Bertz CT molecular complexity index is 1070. The van der Waals surface area contributed by atoms with Crippen LogP contribution in [0, 0.1) is 0 Å². The van der Waals surface area contributed by atoms with E-state index in [9.17, 15) is 17.4 Å². The van der Waals surface area contributed by atoms with Gasteiger partial charge in [-0.25, -0.2) is 13.9 Å². The molecule has 1 unspecified atom stereocenters. The predicted molar refractivity (Wildman–Crippen MR) is 105 cm³/mol. The van der Waals surface area contributed by atoms with E-state index in [1.807, 2.05) is 26.0 Å². The van der Waals surface area contributed by atoms with E-state index in [1.165, 1.54) is 0 Å². The van der Waals surface area contributed by atoms with Crippen LogP contribution < -0.4 is 5.73 Å². The number of benzene rings is 1. The van der Waals surface area contributed by atoms with Gasteiger partial charge in [-0.1, -0.05) is 32.1 Å². The minimum atomic E-state index is -5.01. The molecular formula is C18H19F3N6OS. The first-order chi connectivity index (χ1) is 13.6. The number of rotatable bonds is 5. The molecule has 0 spiro atoms. The van der Waals surface area contributed by atoms with Gasteiger partial charge < -0.3 is 5.73 Å². The zero-order valence-electron chi connectivity index (χ0n) is 15.9. The second-order valence-electron chi connectivity index (χ2n) is 6.48. The summed E-state index contributed by atoms with van der Waals surface area (Å²) in [6.45, 7) is 5.79. The Hall–Kier alpha value is -2.95. The summed E-state index contributed by atoms with van der Waals surface area (Å²) in [5, 5.41) is 10.6. The number of aromatic amines is 1. The summed E-state index contributed by atoms with van der Waals surface area (Å²) >= 11 is 0. The monoisotopic (exact) mass is 424 g/mol. The lowest BCUT2D eigenvalue weighted by Gasteiger charge is -2.09. The highest BCUT2D eigenvalue weighted by molar-refractivity contribution is 7.86. The average molecular weight is 424 g/mol. The first-order valence-corrected chi connectivity index (χ1v) is 9.81. The maximum absolute atomic E-state index is 13.2. The molecule has 0 aliphatic carbocycles. The van der Waals surface area contributed by atoms with E-state index in [2.05, 4.69) is 20.3 Å². The van der Waals surface area contributed by atoms with E-state index in [-0.39, 0.29) is 23.3 Å². The largest absolute Gasteiger partial charge is 0.476 e. The molecule has 0 saturated carbocycles. The van der Waals surface area contributed by atoms with Crippen molar-refractivity contribution in [2.75, 3.05) is 5.73 Å². The topological polar surface area (TPSA) is 102 Å². The Kier molecular flexibility index (Phi) is 5.60. The number of nitrogens with zero attached hydrogens (tertiary/aromatic N) is 4. The van der Waals surface area contributed by atoms with Crippen LogP contribution in [0.2, 0.25) is 0 Å². The maximum Gasteiger partial charge on any atom is 0.476 e. The fraction of sp³-hybridized carbons (Fsp3) is 0.278. The summed E-state index contributed by atoms with van der Waals surface area (Å²) in [5.41, 5.74) is 2.13. The van der Waals surface area contributed by atoms with E-state index in [0.29, 0.717) is 11.5 Å². The summed E-state index contributed by atoms with van der Waals surface area (Å²) < 4.78 is 53.0. The number of allylic oxidation sites excluding steroid dienone is 1. The van der Waals surface area contributed by atoms with Crippen LogP contribution in [0.25, 0.3) is 23.3 Å². The number of H-pyrrole nitrogens is 1. The van der Waals surface area contributed by atoms with Crippen molar-refractivity contribution in [1.82, 2.24) is 25.0 Å². The summed E-state index contributed by atoms with van der Waals surface area (Å²) in [5.74, 6) is 0.0853. The molecule has 1 aromatic carbocycles. The van der Waals surface area contributed by atoms with E-state index < -0.39 is 21.2 Å². The molecule has 3 aromatic rings. The fourth-order valence-corrected chi connectivity index (χ4v) is 3.49. The highest BCUT2D eigenvalue weighted by Crippen LogP contribution is 2.36. The zero-order valence-corrected chi connectivity index (χ0v) is 16.7. The minimum absolute atomic E-state index is 0.130. The van der Waals surface area contributed by atoms with Crippen LogP contribution in [0.1, 0.15) is 38.1 Å². The highest BCUT2D eigenvalue weighted by atomic mass is 32.2. The normalized spacial score (nSPS) is 13.5. The Labute approximate surface area is 167 Å². The van der Waals surface area contributed by atoms with Gasteiger partial charge in [0.25, 0.3) is 0 Å². The first kappa shape index (κ1) is 20.8. The smallest absolute Gasteiger partial charge is 0.383 e. The Balaban J connectivity index is 2.18. The third-order valence-electron chi connectivity index (χ3n) is 4.11. The van der Waals surface area contributed by atoms with Gasteiger partial charge in [0.15, 0.2) is 16.5 Å². The Morgan fingerprint density at radius 3 is 2.45 bits per heavy atom. The third-order valence-corrected chi connectivity index (χ3v) is 5.31. The van der Waals surface area contributed by atoms with Crippen molar-refractivity contribution in [3.8, 4) is 17.2 Å². The van der Waals surface area contributed by atoms with Crippen LogP contribution in [0.5, 0.6) is 0 Å². The van der Waals surface area contributed by atoms with Crippen molar-refractivity contribution in [2.24, 2.45) is 0 Å². The van der Waals surface area contributed by atoms with Crippen molar-refractivity contribution in [1.29, 1.82) is 0 Å². The number of nitrogens with two attached hydrogens (primary N) is 1. The van der Waals surface area contributed by atoms with Gasteiger partial charge in [0, 0.05) is 0 Å². The Morgan fingerprint density at radius 2 is 1.90 bits per heavy atom. The lowest BCUT2D eigenvalue weighted by Crippen LogP contribution is -2.18. The molecule has 2 heterocycles. The molecule has 3 N–H and O–H groups in total. The highest BCUT2D eigenvalue weighted by Gasteiger charge is 2.43. The van der Waals surface area contributed by atoms with Gasteiger partial charge in [-0.3, -0.25) is 5.10 Å². The number of aromatic nitrogens is 5. The van der Waals surface area contributed by atoms with Crippen molar-refractivity contribution >= 4 is 22.7 Å². The molecule has 0 radical (unpaired) electrons. The van der Waals surface area contributed by atoms with Gasteiger partial charge in [0.05, 0.1) is 5.69 Å². The average Bonchev–Trinajstić information content (AvgIpc) is 3.25. The van der Waals surface area contributed by atoms with Crippen molar-refractivity contribution < 1.29 is 17.4 Å². The molecule has 1 atom stereocenters. The second-order valence-corrected chi connectivity index (χ2v) is 7.89. The molecule has 7 nitrogen and oxygen atoms in total. The molecule has 154 valence electrons. The molecule has 0 bridgehead atoms. The van der Waals surface area contributed by atoms with E-state index in [1.54, 1.807) is 31.2 Å². The fourth-order valence-electron chi connectivity index (χ4n) is 2.67.